The summed E-state index contributed by atoms with van der Waals surface area (Å²) in [7, 11) is 1.74. The van der Waals surface area contributed by atoms with Crippen molar-refractivity contribution in [2.24, 2.45) is 0 Å². The van der Waals surface area contributed by atoms with Crippen LogP contribution in [-0.4, -0.2) is 29.9 Å². The monoisotopic (exact) mass is 295 g/mol. The molecule has 0 aliphatic carbocycles. The van der Waals surface area contributed by atoms with E-state index in [0.717, 1.165) is 11.8 Å². The van der Waals surface area contributed by atoms with Crippen LogP contribution in [0, 0.1) is 11.3 Å². The van der Waals surface area contributed by atoms with Gasteiger partial charge >= 0.3 is 6.03 Å². The van der Waals surface area contributed by atoms with Crippen molar-refractivity contribution in [1.82, 2.24) is 4.90 Å². The van der Waals surface area contributed by atoms with Crippen LogP contribution in [0.5, 0.6) is 0 Å². The van der Waals surface area contributed by atoms with Crippen LogP contribution in [0.15, 0.2) is 24.3 Å². The molecular formula is C12H14BrN3O. The third-order valence-corrected chi connectivity index (χ3v) is 2.78. The molecule has 1 N–H and O–H groups in total. The summed E-state index contributed by atoms with van der Waals surface area (Å²) in [6, 6.07) is 8.72. The molecular weight excluding hydrogens is 282 g/mol. The number of halogens is 1. The molecule has 1 rings (SSSR count). The zero-order valence-corrected chi connectivity index (χ0v) is 11.2. The van der Waals surface area contributed by atoms with Gasteiger partial charge in [-0.1, -0.05) is 22.0 Å². The highest BCUT2D eigenvalue weighted by Gasteiger charge is 2.07. The van der Waals surface area contributed by atoms with E-state index in [4.69, 9.17) is 5.26 Å². The number of nitriles is 1. The van der Waals surface area contributed by atoms with Gasteiger partial charge in [0.15, 0.2) is 0 Å². The van der Waals surface area contributed by atoms with E-state index in [0.29, 0.717) is 17.8 Å². The Balaban J connectivity index is 2.58. The van der Waals surface area contributed by atoms with E-state index in [9.17, 15) is 4.79 Å². The molecule has 17 heavy (non-hydrogen) atoms. The van der Waals surface area contributed by atoms with Gasteiger partial charge in [0.1, 0.15) is 0 Å². The van der Waals surface area contributed by atoms with Gasteiger partial charge in [0.25, 0.3) is 0 Å². The van der Waals surface area contributed by atoms with Crippen molar-refractivity contribution in [3.05, 3.63) is 29.8 Å². The molecule has 2 amide bonds. The lowest BCUT2D eigenvalue weighted by molar-refractivity contribution is 0.222. The normalized spacial score (nSPS) is 9.47. The van der Waals surface area contributed by atoms with Gasteiger partial charge in [-0.25, -0.2) is 4.79 Å². The highest BCUT2D eigenvalue weighted by molar-refractivity contribution is 9.09. The van der Waals surface area contributed by atoms with E-state index in [-0.39, 0.29) is 6.03 Å². The van der Waals surface area contributed by atoms with Gasteiger partial charge in [-0.2, -0.15) is 5.26 Å². The number of rotatable bonds is 4. The van der Waals surface area contributed by atoms with Gasteiger partial charge < -0.3 is 10.2 Å². The van der Waals surface area contributed by atoms with Crippen LogP contribution in [0.1, 0.15) is 12.0 Å². The maximum atomic E-state index is 11.7. The first kappa shape index (κ1) is 13.5. The number of nitrogens with zero attached hydrogens (tertiary/aromatic N) is 2. The first-order valence-corrected chi connectivity index (χ1v) is 6.37. The highest BCUT2D eigenvalue weighted by atomic mass is 79.9. The molecule has 0 spiro atoms. The van der Waals surface area contributed by atoms with Crippen molar-refractivity contribution in [2.75, 3.05) is 24.2 Å². The molecule has 0 saturated carbocycles. The molecule has 0 aliphatic heterocycles. The number of amides is 2. The highest BCUT2D eigenvalue weighted by Crippen LogP contribution is 2.10. The molecule has 0 aromatic heterocycles. The average Bonchev–Trinajstić information content (AvgIpc) is 2.36. The second kappa shape index (κ2) is 6.92. The fraction of sp³-hybridized carbons (Fsp3) is 0.333. The first-order valence-electron chi connectivity index (χ1n) is 5.25. The van der Waals surface area contributed by atoms with Gasteiger partial charge in [0.2, 0.25) is 0 Å². The number of benzene rings is 1. The van der Waals surface area contributed by atoms with Crippen LogP contribution in [0.3, 0.4) is 0 Å². The maximum Gasteiger partial charge on any atom is 0.321 e. The van der Waals surface area contributed by atoms with Crippen molar-refractivity contribution < 1.29 is 4.79 Å². The van der Waals surface area contributed by atoms with Crippen LogP contribution >= 0.6 is 15.9 Å². The molecule has 1 aromatic rings. The van der Waals surface area contributed by atoms with Crippen molar-refractivity contribution in [2.45, 2.75) is 6.42 Å². The second-order valence-electron chi connectivity index (χ2n) is 3.59. The Labute approximate surface area is 109 Å². The topological polar surface area (TPSA) is 56.1 Å². The van der Waals surface area contributed by atoms with Crippen LogP contribution < -0.4 is 5.32 Å². The Kier molecular flexibility index (Phi) is 5.50. The number of urea groups is 1. The van der Waals surface area contributed by atoms with E-state index in [2.05, 4.69) is 21.2 Å². The fourth-order valence-corrected chi connectivity index (χ4v) is 1.53. The van der Waals surface area contributed by atoms with Gasteiger partial charge in [-0.3, -0.25) is 0 Å². The van der Waals surface area contributed by atoms with Crippen molar-refractivity contribution >= 4 is 27.6 Å². The van der Waals surface area contributed by atoms with E-state index < -0.39 is 0 Å². The molecule has 1 aromatic carbocycles. The summed E-state index contributed by atoms with van der Waals surface area (Å²) < 4.78 is 0. The number of carbonyl (C=O) groups excluding carboxylic acids is 1. The van der Waals surface area contributed by atoms with E-state index in [1.165, 1.54) is 0 Å². The lowest BCUT2D eigenvalue weighted by Gasteiger charge is -2.17. The Hall–Kier alpha value is -1.54. The molecule has 0 unspecified atom stereocenters. The van der Waals surface area contributed by atoms with Gasteiger partial charge in [0, 0.05) is 24.6 Å². The predicted molar refractivity (Wildman–Crippen MR) is 71.2 cm³/mol. The number of hydrogen-bond donors (Lipinski definition) is 1. The number of hydrogen-bond acceptors (Lipinski definition) is 2. The molecule has 90 valence electrons. The summed E-state index contributed by atoms with van der Waals surface area (Å²) in [5, 5.41) is 12.4. The van der Waals surface area contributed by atoms with E-state index in [1.54, 1.807) is 36.2 Å². The van der Waals surface area contributed by atoms with Crippen molar-refractivity contribution in [1.29, 1.82) is 5.26 Å². The van der Waals surface area contributed by atoms with Crippen LogP contribution in [0.2, 0.25) is 0 Å². The molecule has 0 atom stereocenters. The van der Waals surface area contributed by atoms with Gasteiger partial charge in [-0.05, 0) is 24.6 Å². The number of alkyl halides is 1. The zero-order chi connectivity index (χ0) is 12.7. The molecule has 4 nitrogen and oxygen atoms in total. The van der Waals surface area contributed by atoms with Crippen LogP contribution in [0.25, 0.3) is 0 Å². The van der Waals surface area contributed by atoms with Crippen LogP contribution in [0.4, 0.5) is 10.5 Å². The minimum absolute atomic E-state index is 0.166. The van der Waals surface area contributed by atoms with Crippen molar-refractivity contribution in [3.63, 3.8) is 0 Å². The molecule has 0 radical (unpaired) electrons. The molecule has 0 aliphatic rings. The van der Waals surface area contributed by atoms with E-state index >= 15 is 0 Å². The van der Waals surface area contributed by atoms with Crippen LogP contribution in [-0.2, 0) is 0 Å². The minimum Gasteiger partial charge on any atom is -0.328 e. The number of anilines is 1. The van der Waals surface area contributed by atoms with E-state index in [1.807, 2.05) is 6.07 Å². The maximum absolute atomic E-state index is 11.7. The standard InChI is InChI=1S/C12H14BrN3O/c1-16(7-3-6-13)12(17)15-11-5-2-4-10(8-11)9-14/h2,4-5,8H,3,6-7H2,1H3,(H,15,17). The Morgan fingerprint density at radius 1 is 1.59 bits per heavy atom. The summed E-state index contributed by atoms with van der Waals surface area (Å²) in [5.74, 6) is 0. The summed E-state index contributed by atoms with van der Waals surface area (Å²) >= 11 is 3.32. The predicted octanol–water partition coefficient (Wildman–Crippen LogP) is 2.81. The zero-order valence-electron chi connectivity index (χ0n) is 9.61. The smallest absolute Gasteiger partial charge is 0.321 e. The second-order valence-corrected chi connectivity index (χ2v) is 4.38. The lowest BCUT2D eigenvalue weighted by atomic mass is 10.2. The summed E-state index contributed by atoms with van der Waals surface area (Å²) in [5.41, 5.74) is 1.17. The summed E-state index contributed by atoms with van der Waals surface area (Å²) in [6.07, 6.45) is 0.905. The Morgan fingerprint density at radius 3 is 3.00 bits per heavy atom. The number of carbonyl (C=O) groups is 1. The Bertz CT molecular complexity index is 428. The quantitative estimate of drug-likeness (QED) is 0.869. The third-order valence-electron chi connectivity index (χ3n) is 2.22. The van der Waals surface area contributed by atoms with Crippen molar-refractivity contribution in [3.8, 4) is 6.07 Å². The fourth-order valence-electron chi connectivity index (χ4n) is 1.28. The largest absolute Gasteiger partial charge is 0.328 e. The first-order chi connectivity index (χ1) is 8.17. The summed E-state index contributed by atoms with van der Waals surface area (Å²) in [4.78, 5) is 13.3. The van der Waals surface area contributed by atoms with Gasteiger partial charge in [0.05, 0.1) is 11.6 Å². The SMILES string of the molecule is CN(CCCBr)C(=O)Nc1cccc(C#N)c1. The molecule has 0 bridgehead atoms. The summed E-state index contributed by atoms with van der Waals surface area (Å²) in [6.45, 7) is 0.690. The third kappa shape index (κ3) is 4.45. The molecule has 5 heteroatoms. The molecule has 0 fully saturated rings. The minimum atomic E-state index is -0.166. The lowest BCUT2D eigenvalue weighted by Crippen LogP contribution is -2.32. The van der Waals surface area contributed by atoms with Gasteiger partial charge in [-0.15, -0.1) is 0 Å². The molecule has 0 saturated heterocycles. The average molecular weight is 296 g/mol. The number of nitrogens with one attached hydrogen (secondary N) is 1. The molecule has 0 heterocycles. The Morgan fingerprint density at radius 2 is 2.35 bits per heavy atom.